The van der Waals surface area contributed by atoms with Gasteiger partial charge in [-0.15, -0.1) is 0 Å². The Hall–Kier alpha value is -3.69. The molecule has 1 aliphatic rings. The number of carbonyl (C=O) groups excluding carboxylic acids is 3. The van der Waals surface area contributed by atoms with Gasteiger partial charge in [0.1, 0.15) is 17.1 Å². The highest BCUT2D eigenvalue weighted by molar-refractivity contribution is 6.34. The van der Waals surface area contributed by atoms with Crippen molar-refractivity contribution in [3.05, 3.63) is 70.8 Å². The Morgan fingerprint density at radius 1 is 1.05 bits per heavy atom. The number of amides is 2. The van der Waals surface area contributed by atoms with E-state index < -0.39 is 5.91 Å². The lowest BCUT2D eigenvalue weighted by Gasteiger charge is -2.26. The fourth-order valence-electron chi connectivity index (χ4n) is 4.34. The third-order valence-electron chi connectivity index (χ3n) is 6.28. The number of imidazole rings is 1. The van der Waals surface area contributed by atoms with E-state index in [1.165, 1.54) is 32.7 Å². The number of aromatic nitrogens is 2. The van der Waals surface area contributed by atoms with Crippen LogP contribution in [-0.4, -0.2) is 59.2 Å². The van der Waals surface area contributed by atoms with Gasteiger partial charge >= 0.3 is 0 Å². The molecular weight excluding hydrogens is 494 g/mol. The van der Waals surface area contributed by atoms with Gasteiger partial charge in [0.15, 0.2) is 5.78 Å². The van der Waals surface area contributed by atoms with Crippen molar-refractivity contribution in [1.82, 2.24) is 14.9 Å². The minimum Gasteiger partial charge on any atom is -0.494 e. The summed E-state index contributed by atoms with van der Waals surface area (Å²) in [5, 5.41) is 5.86. The molecule has 3 N–H and O–H groups in total. The maximum absolute atomic E-state index is 12.9. The van der Waals surface area contributed by atoms with Crippen molar-refractivity contribution in [3.8, 4) is 5.75 Å². The van der Waals surface area contributed by atoms with Gasteiger partial charge in [-0.05, 0) is 63.2 Å². The lowest BCUT2D eigenvalue weighted by molar-refractivity contribution is 0.0952. The van der Waals surface area contributed by atoms with Gasteiger partial charge < -0.3 is 25.3 Å². The number of halogens is 1. The SMILES string of the molecule is COc1cc(NC(=O)c2[nH]cnc2C(=O)CCCN2CCCCC2)ccc1NC(=O)c1ccccc1Cl. The summed E-state index contributed by atoms with van der Waals surface area (Å²) in [6, 6.07) is 11.5. The molecule has 1 aromatic heterocycles. The Morgan fingerprint density at radius 2 is 1.84 bits per heavy atom. The normalized spacial score (nSPS) is 13.7. The Labute approximate surface area is 220 Å². The predicted octanol–water partition coefficient (Wildman–Crippen LogP) is 5.03. The molecule has 0 atom stereocenters. The second-order valence-electron chi connectivity index (χ2n) is 8.86. The van der Waals surface area contributed by atoms with Gasteiger partial charge in [-0.1, -0.05) is 30.2 Å². The third-order valence-corrected chi connectivity index (χ3v) is 6.61. The van der Waals surface area contributed by atoms with E-state index in [9.17, 15) is 14.4 Å². The number of nitrogens with zero attached hydrogens (tertiary/aromatic N) is 2. The van der Waals surface area contributed by atoms with Crippen LogP contribution in [0.15, 0.2) is 48.8 Å². The molecular formula is C27H30ClN5O4. The van der Waals surface area contributed by atoms with Crippen molar-refractivity contribution in [3.63, 3.8) is 0 Å². The highest BCUT2D eigenvalue weighted by Gasteiger charge is 2.21. The molecule has 2 amide bonds. The second-order valence-corrected chi connectivity index (χ2v) is 9.27. The molecule has 1 saturated heterocycles. The maximum Gasteiger partial charge on any atom is 0.274 e. The molecule has 0 bridgehead atoms. The van der Waals surface area contributed by atoms with Crippen molar-refractivity contribution >= 4 is 40.6 Å². The standard InChI is InChI=1S/C27H30ClN5O4/c1-37-23-16-18(11-12-21(23)32-26(35)19-8-3-4-9-20(19)28)31-27(36)25-24(29-17-30-25)22(34)10-7-15-33-13-5-2-6-14-33/h3-4,8-9,11-12,16-17H,2,5-7,10,13-15H2,1H3,(H,29,30)(H,31,36)(H,32,35). The van der Waals surface area contributed by atoms with Crippen LogP contribution in [0.3, 0.4) is 0 Å². The Balaban J connectivity index is 1.38. The number of ether oxygens (including phenoxy) is 1. The van der Waals surface area contributed by atoms with E-state index in [1.54, 1.807) is 42.5 Å². The minimum atomic E-state index is -0.494. The van der Waals surface area contributed by atoms with Gasteiger partial charge in [0, 0.05) is 18.2 Å². The van der Waals surface area contributed by atoms with Gasteiger partial charge in [0.25, 0.3) is 11.8 Å². The molecule has 0 spiro atoms. The molecule has 1 aliphatic heterocycles. The number of anilines is 2. The summed E-state index contributed by atoms with van der Waals surface area (Å²) < 4.78 is 5.40. The maximum atomic E-state index is 12.9. The molecule has 0 radical (unpaired) electrons. The van der Waals surface area contributed by atoms with Crippen LogP contribution in [0.1, 0.15) is 63.4 Å². The van der Waals surface area contributed by atoms with E-state index in [4.69, 9.17) is 16.3 Å². The summed E-state index contributed by atoms with van der Waals surface area (Å²) >= 11 is 6.12. The molecule has 10 heteroatoms. The van der Waals surface area contributed by atoms with Crippen LogP contribution in [0.25, 0.3) is 0 Å². The highest BCUT2D eigenvalue weighted by Crippen LogP contribution is 2.29. The van der Waals surface area contributed by atoms with Gasteiger partial charge in [0.2, 0.25) is 0 Å². The van der Waals surface area contributed by atoms with Crippen molar-refractivity contribution in [2.24, 2.45) is 0 Å². The average Bonchev–Trinajstić information content (AvgIpc) is 3.41. The van der Waals surface area contributed by atoms with Gasteiger partial charge in [0.05, 0.1) is 29.7 Å². The number of hydrogen-bond donors (Lipinski definition) is 3. The van der Waals surface area contributed by atoms with Crippen LogP contribution in [0.4, 0.5) is 11.4 Å². The Morgan fingerprint density at radius 3 is 2.59 bits per heavy atom. The lowest BCUT2D eigenvalue weighted by Crippen LogP contribution is -2.30. The summed E-state index contributed by atoms with van der Waals surface area (Å²) in [4.78, 5) is 47.6. The van der Waals surface area contributed by atoms with Crippen LogP contribution in [0.5, 0.6) is 5.75 Å². The number of piperidine rings is 1. The van der Waals surface area contributed by atoms with E-state index in [0.29, 0.717) is 34.1 Å². The Bertz CT molecular complexity index is 1270. The molecule has 2 heterocycles. The van der Waals surface area contributed by atoms with Crippen LogP contribution in [-0.2, 0) is 0 Å². The van der Waals surface area contributed by atoms with E-state index in [1.807, 2.05) is 0 Å². The van der Waals surface area contributed by atoms with E-state index in [2.05, 4.69) is 25.5 Å². The Kier molecular flexibility index (Phi) is 8.92. The number of rotatable bonds is 10. The largest absolute Gasteiger partial charge is 0.494 e. The van der Waals surface area contributed by atoms with Crippen molar-refractivity contribution in [2.75, 3.05) is 37.4 Å². The number of carbonyl (C=O) groups is 3. The predicted molar refractivity (Wildman–Crippen MR) is 143 cm³/mol. The molecule has 9 nitrogen and oxygen atoms in total. The molecule has 37 heavy (non-hydrogen) atoms. The zero-order chi connectivity index (χ0) is 26.2. The van der Waals surface area contributed by atoms with Crippen molar-refractivity contribution in [2.45, 2.75) is 32.1 Å². The number of likely N-dealkylation sites (tertiary alicyclic amines) is 1. The van der Waals surface area contributed by atoms with Gasteiger partial charge in [-0.2, -0.15) is 0 Å². The lowest BCUT2D eigenvalue weighted by atomic mass is 10.1. The summed E-state index contributed by atoms with van der Waals surface area (Å²) in [6.45, 7) is 3.03. The van der Waals surface area contributed by atoms with Crippen LogP contribution in [0.2, 0.25) is 5.02 Å². The van der Waals surface area contributed by atoms with Crippen LogP contribution in [0, 0.1) is 0 Å². The van der Waals surface area contributed by atoms with Crippen molar-refractivity contribution < 1.29 is 19.1 Å². The number of hydrogen-bond acceptors (Lipinski definition) is 6. The highest BCUT2D eigenvalue weighted by atomic mass is 35.5. The molecule has 194 valence electrons. The molecule has 4 rings (SSSR count). The second kappa shape index (κ2) is 12.5. The molecule has 3 aromatic rings. The fraction of sp³-hybridized carbons (Fsp3) is 0.333. The first-order chi connectivity index (χ1) is 18.0. The summed E-state index contributed by atoms with van der Waals surface area (Å²) in [6.07, 6.45) is 6.09. The zero-order valence-corrected chi connectivity index (χ0v) is 21.4. The van der Waals surface area contributed by atoms with Crippen molar-refractivity contribution in [1.29, 1.82) is 0 Å². The van der Waals surface area contributed by atoms with E-state index in [0.717, 1.165) is 26.1 Å². The molecule has 2 aromatic carbocycles. The number of Topliss-reactive ketones (excluding diaryl/α,β-unsaturated/α-hetero) is 1. The first kappa shape index (κ1) is 26.4. The molecule has 0 saturated carbocycles. The van der Waals surface area contributed by atoms with Gasteiger partial charge in [-0.25, -0.2) is 4.98 Å². The number of benzene rings is 2. The monoisotopic (exact) mass is 523 g/mol. The van der Waals surface area contributed by atoms with Gasteiger partial charge in [-0.3, -0.25) is 14.4 Å². The molecule has 0 aliphatic carbocycles. The minimum absolute atomic E-state index is 0.109. The third kappa shape index (κ3) is 6.75. The quantitative estimate of drug-likeness (QED) is 0.321. The number of nitrogens with one attached hydrogen (secondary N) is 3. The summed E-state index contributed by atoms with van der Waals surface area (Å²) in [5.41, 5.74) is 1.41. The van der Waals surface area contributed by atoms with Crippen LogP contribution >= 0.6 is 11.6 Å². The number of ketones is 1. The summed E-state index contributed by atoms with van der Waals surface area (Å²) in [5.74, 6) is -0.705. The fourth-order valence-corrected chi connectivity index (χ4v) is 4.57. The average molecular weight is 524 g/mol. The number of H-pyrrole nitrogens is 1. The zero-order valence-electron chi connectivity index (χ0n) is 20.7. The topological polar surface area (TPSA) is 116 Å². The molecule has 0 unspecified atom stereocenters. The first-order valence-electron chi connectivity index (χ1n) is 12.3. The molecule has 1 fully saturated rings. The van der Waals surface area contributed by atoms with E-state index >= 15 is 0 Å². The van der Waals surface area contributed by atoms with E-state index in [-0.39, 0.29) is 23.1 Å². The van der Waals surface area contributed by atoms with Crippen LogP contribution < -0.4 is 15.4 Å². The smallest absolute Gasteiger partial charge is 0.274 e. The number of aromatic amines is 1. The first-order valence-corrected chi connectivity index (χ1v) is 12.7. The number of methoxy groups -OCH3 is 1. The summed E-state index contributed by atoms with van der Waals surface area (Å²) in [7, 11) is 1.46.